The molecule has 6 nitrogen and oxygen atoms in total. The minimum atomic E-state index is -0.563. The van der Waals surface area contributed by atoms with Crippen molar-refractivity contribution in [2.75, 3.05) is 11.9 Å². The summed E-state index contributed by atoms with van der Waals surface area (Å²) >= 11 is 2.16. The molecule has 2 aromatic carbocycles. The molecule has 7 heteroatoms. The molecule has 0 bridgehead atoms. The van der Waals surface area contributed by atoms with Gasteiger partial charge in [-0.1, -0.05) is 0 Å². The van der Waals surface area contributed by atoms with Crippen LogP contribution in [0.15, 0.2) is 42.5 Å². The van der Waals surface area contributed by atoms with Crippen molar-refractivity contribution in [3.05, 3.63) is 61.7 Å². The third-order valence-electron chi connectivity index (χ3n) is 2.82. The van der Waals surface area contributed by atoms with E-state index < -0.39 is 10.8 Å². The van der Waals surface area contributed by atoms with Gasteiger partial charge in [-0.05, 0) is 65.9 Å². The summed E-state index contributed by atoms with van der Waals surface area (Å²) in [7, 11) is 0. The highest BCUT2D eigenvalue weighted by atomic mass is 127. The molecule has 0 unspecified atom stereocenters. The first-order valence-corrected chi connectivity index (χ1v) is 7.57. The fourth-order valence-corrected chi connectivity index (χ4v) is 2.17. The second kappa shape index (κ2) is 7.21. The number of hydrogen-bond acceptors (Lipinski definition) is 4. The minimum Gasteiger partial charge on any atom is -0.487 e. The molecule has 0 saturated carbocycles. The van der Waals surface area contributed by atoms with Gasteiger partial charge in [-0.15, -0.1) is 0 Å². The summed E-state index contributed by atoms with van der Waals surface area (Å²) in [5.41, 5.74) is 0.604. The quantitative estimate of drug-likeness (QED) is 0.460. The Morgan fingerprint density at radius 1 is 1.27 bits per heavy atom. The lowest BCUT2D eigenvalue weighted by molar-refractivity contribution is -0.385. The minimum absolute atomic E-state index is 0.151. The van der Waals surface area contributed by atoms with Crippen LogP contribution in [-0.4, -0.2) is 17.4 Å². The van der Waals surface area contributed by atoms with Gasteiger partial charge in [0, 0.05) is 20.9 Å². The highest BCUT2D eigenvalue weighted by Gasteiger charge is 2.18. The Balaban J connectivity index is 2.24. The largest absolute Gasteiger partial charge is 0.487 e. The van der Waals surface area contributed by atoms with Crippen molar-refractivity contribution in [2.24, 2.45) is 0 Å². The summed E-state index contributed by atoms with van der Waals surface area (Å²) in [4.78, 5) is 22.7. The van der Waals surface area contributed by atoms with Crippen LogP contribution in [0.4, 0.5) is 11.4 Å². The molecule has 2 rings (SSSR count). The fourth-order valence-electron chi connectivity index (χ4n) is 1.82. The van der Waals surface area contributed by atoms with Gasteiger partial charge in [-0.2, -0.15) is 0 Å². The molecular formula is C15H13IN2O4. The maximum Gasteiger partial charge on any atom is 0.311 e. The molecule has 0 spiro atoms. The van der Waals surface area contributed by atoms with Crippen LogP contribution in [0.5, 0.6) is 5.75 Å². The van der Waals surface area contributed by atoms with Gasteiger partial charge in [0.25, 0.3) is 5.91 Å². The molecule has 0 aromatic heterocycles. The first-order valence-electron chi connectivity index (χ1n) is 6.49. The number of nitrogens with one attached hydrogen (secondary N) is 1. The molecule has 0 heterocycles. The Morgan fingerprint density at radius 2 is 1.95 bits per heavy atom. The number of nitro benzene ring substituents is 1. The number of halogens is 1. The van der Waals surface area contributed by atoms with Gasteiger partial charge in [-0.25, -0.2) is 0 Å². The zero-order valence-electron chi connectivity index (χ0n) is 11.7. The van der Waals surface area contributed by atoms with Crippen molar-refractivity contribution >= 4 is 39.9 Å². The molecule has 1 amide bonds. The summed E-state index contributed by atoms with van der Waals surface area (Å²) in [6, 6.07) is 11.4. The van der Waals surface area contributed by atoms with Gasteiger partial charge in [0.05, 0.1) is 11.5 Å². The van der Waals surface area contributed by atoms with Crippen LogP contribution in [-0.2, 0) is 0 Å². The first-order chi connectivity index (χ1) is 10.5. The number of ether oxygens (including phenoxy) is 1. The number of benzene rings is 2. The van der Waals surface area contributed by atoms with Crippen LogP contribution in [0.1, 0.15) is 17.3 Å². The van der Waals surface area contributed by atoms with E-state index in [0.29, 0.717) is 12.3 Å². The van der Waals surface area contributed by atoms with Crippen LogP contribution in [0.2, 0.25) is 0 Å². The standard InChI is InChI=1S/C15H13IN2O4/c1-2-22-14-8-3-10(9-13(14)18(20)21)15(19)17-12-6-4-11(16)5-7-12/h3-9H,2H2,1H3,(H,17,19). The van der Waals surface area contributed by atoms with Crippen molar-refractivity contribution in [1.29, 1.82) is 0 Å². The van der Waals surface area contributed by atoms with E-state index in [1.54, 1.807) is 19.1 Å². The smallest absolute Gasteiger partial charge is 0.311 e. The third kappa shape index (κ3) is 3.94. The number of carbonyl (C=O) groups excluding carboxylic acids is 1. The molecule has 0 atom stereocenters. The monoisotopic (exact) mass is 412 g/mol. The summed E-state index contributed by atoms with van der Waals surface area (Å²) in [5, 5.41) is 13.8. The molecule has 2 aromatic rings. The fraction of sp³-hybridized carbons (Fsp3) is 0.133. The number of rotatable bonds is 5. The highest BCUT2D eigenvalue weighted by molar-refractivity contribution is 14.1. The van der Waals surface area contributed by atoms with Gasteiger partial charge in [0.15, 0.2) is 5.75 Å². The number of nitrogens with zero attached hydrogens (tertiary/aromatic N) is 1. The molecule has 0 aliphatic rings. The molecule has 0 aliphatic carbocycles. The lowest BCUT2D eigenvalue weighted by Gasteiger charge is -2.08. The van der Waals surface area contributed by atoms with Gasteiger partial charge >= 0.3 is 5.69 Å². The molecule has 114 valence electrons. The average molecular weight is 412 g/mol. The molecular weight excluding hydrogens is 399 g/mol. The SMILES string of the molecule is CCOc1ccc(C(=O)Nc2ccc(I)cc2)cc1[N+](=O)[O-]. The molecule has 0 saturated heterocycles. The molecule has 0 fully saturated rings. The van der Waals surface area contributed by atoms with Crippen LogP contribution in [0.25, 0.3) is 0 Å². The summed E-state index contributed by atoms with van der Waals surface area (Å²) in [6.07, 6.45) is 0. The number of amides is 1. The Hall–Kier alpha value is -2.16. The van der Waals surface area contributed by atoms with Crippen LogP contribution < -0.4 is 10.1 Å². The summed E-state index contributed by atoms with van der Waals surface area (Å²) < 4.78 is 6.24. The van der Waals surface area contributed by atoms with Crippen molar-refractivity contribution < 1.29 is 14.5 Å². The van der Waals surface area contributed by atoms with Crippen LogP contribution in [0.3, 0.4) is 0 Å². The number of hydrogen-bond donors (Lipinski definition) is 1. The van der Waals surface area contributed by atoms with Gasteiger partial charge in [0.2, 0.25) is 0 Å². The maximum atomic E-state index is 12.2. The molecule has 0 radical (unpaired) electrons. The number of anilines is 1. The molecule has 22 heavy (non-hydrogen) atoms. The second-order valence-corrected chi connectivity index (χ2v) is 5.58. The molecule has 0 aliphatic heterocycles. The van der Waals surface area contributed by atoms with Crippen LogP contribution in [0, 0.1) is 13.7 Å². The Labute approximate surface area is 140 Å². The third-order valence-corrected chi connectivity index (χ3v) is 3.54. The van der Waals surface area contributed by atoms with E-state index in [0.717, 1.165) is 3.57 Å². The van der Waals surface area contributed by atoms with E-state index in [2.05, 4.69) is 27.9 Å². The Bertz CT molecular complexity index is 701. The second-order valence-electron chi connectivity index (χ2n) is 4.33. The van der Waals surface area contributed by atoms with Crippen molar-refractivity contribution in [3.63, 3.8) is 0 Å². The number of nitro groups is 1. The van der Waals surface area contributed by atoms with Gasteiger partial charge < -0.3 is 10.1 Å². The Kier molecular flexibility index (Phi) is 5.31. The average Bonchev–Trinajstić information content (AvgIpc) is 2.50. The first kappa shape index (κ1) is 16.2. The zero-order chi connectivity index (χ0) is 16.1. The predicted octanol–water partition coefficient (Wildman–Crippen LogP) is 3.85. The highest BCUT2D eigenvalue weighted by Crippen LogP contribution is 2.28. The van der Waals surface area contributed by atoms with E-state index in [1.165, 1.54) is 18.2 Å². The van der Waals surface area contributed by atoms with Crippen molar-refractivity contribution in [2.45, 2.75) is 6.92 Å². The van der Waals surface area contributed by atoms with Crippen molar-refractivity contribution in [1.82, 2.24) is 0 Å². The van der Waals surface area contributed by atoms with E-state index in [1.807, 2.05) is 12.1 Å². The normalized spacial score (nSPS) is 10.1. The lowest BCUT2D eigenvalue weighted by Crippen LogP contribution is -2.12. The number of carbonyl (C=O) groups is 1. The van der Waals surface area contributed by atoms with Crippen LogP contribution >= 0.6 is 22.6 Å². The van der Waals surface area contributed by atoms with E-state index >= 15 is 0 Å². The van der Waals surface area contributed by atoms with E-state index in [4.69, 9.17) is 4.74 Å². The van der Waals surface area contributed by atoms with Gasteiger partial charge in [0.1, 0.15) is 0 Å². The molecule has 1 N–H and O–H groups in total. The van der Waals surface area contributed by atoms with E-state index in [-0.39, 0.29) is 17.0 Å². The summed E-state index contributed by atoms with van der Waals surface area (Å²) in [5.74, 6) is -0.259. The van der Waals surface area contributed by atoms with E-state index in [9.17, 15) is 14.9 Å². The summed E-state index contributed by atoms with van der Waals surface area (Å²) in [6.45, 7) is 2.05. The zero-order valence-corrected chi connectivity index (χ0v) is 13.9. The van der Waals surface area contributed by atoms with Gasteiger partial charge in [-0.3, -0.25) is 14.9 Å². The topological polar surface area (TPSA) is 81.5 Å². The predicted molar refractivity (Wildman–Crippen MR) is 91.4 cm³/mol. The maximum absolute atomic E-state index is 12.2. The lowest BCUT2D eigenvalue weighted by atomic mass is 10.1. The Morgan fingerprint density at radius 3 is 2.55 bits per heavy atom. The van der Waals surface area contributed by atoms with Crippen molar-refractivity contribution in [3.8, 4) is 5.75 Å².